The van der Waals surface area contributed by atoms with Crippen molar-refractivity contribution >= 4 is 28.3 Å². The van der Waals surface area contributed by atoms with Gasteiger partial charge in [0, 0.05) is 24.7 Å². The number of nitrogens with zero attached hydrogens (tertiary/aromatic N) is 3. The second-order valence-corrected chi connectivity index (χ2v) is 8.06. The number of carbonyl (C=O) groups excluding carboxylic acids is 2. The SMILES string of the molecule is CC(C)Cn1nc(C(=O)N(C)CC(=O)Nc2ccc(OC(F)(F)F)cc2)c2ccccc2c1=O. The van der Waals surface area contributed by atoms with Gasteiger partial charge in [0.25, 0.3) is 11.5 Å². The lowest BCUT2D eigenvalue weighted by atomic mass is 10.1. The number of nitrogens with one attached hydrogen (secondary N) is 1. The Kier molecular flexibility index (Phi) is 7.23. The normalized spacial score (nSPS) is 11.5. The van der Waals surface area contributed by atoms with Gasteiger partial charge >= 0.3 is 6.36 Å². The number of rotatable bonds is 7. The molecule has 0 unspecified atom stereocenters. The van der Waals surface area contributed by atoms with Gasteiger partial charge in [-0.3, -0.25) is 14.4 Å². The molecular weight excluding hydrogens is 453 g/mol. The summed E-state index contributed by atoms with van der Waals surface area (Å²) in [6.45, 7) is 3.81. The molecule has 34 heavy (non-hydrogen) atoms. The van der Waals surface area contributed by atoms with Crippen molar-refractivity contribution in [3.8, 4) is 5.75 Å². The number of benzene rings is 2. The maximum atomic E-state index is 13.1. The number of carbonyl (C=O) groups is 2. The fourth-order valence-corrected chi connectivity index (χ4v) is 3.27. The van der Waals surface area contributed by atoms with Crippen LogP contribution in [0.2, 0.25) is 0 Å². The molecule has 1 heterocycles. The lowest BCUT2D eigenvalue weighted by Gasteiger charge is -2.18. The van der Waals surface area contributed by atoms with Gasteiger partial charge in [0.15, 0.2) is 5.69 Å². The number of likely N-dealkylation sites (N-methyl/N-ethyl adjacent to an activating group) is 1. The summed E-state index contributed by atoms with van der Waals surface area (Å²) in [5.41, 5.74) is -0.0339. The molecular formula is C23H23F3N4O4. The van der Waals surface area contributed by atoms with E-state index in [-0.39, 0.29) is 29.4 Å². The molecule has 0 saturated heterocycles. The average molecular weight is 476 g/mol. The molecule has 0 aliphatic carbocycles. The van der Waals surface area contributed by atoms with E-state index in [0.717, 1.165) is 17.0 Å². The fourth-order valence-electron chi connectivity index (χ4n) is 3.27. The van der Waals surface area contributed by atoms with Gasteiger partial charge in [0.05, 0.1) is 11.9 Å². The number of anilines is 1. The summed E-state index contributed by atoms with van der Waals surface area (Å²) >= 11 is 0. The van der Waals surface area contributed by atoms with Gasteiger partial charge in [-0.15, -0.1) is 13.2 Å². The fraction of sp³-hybridized carbons (Fsp3) is 0.304. The Morgan fingerprint density at radius 3 is 2.29 bits per heavy atom. The largest absolute Gasteiger partial charge is 0.573 e. The molecule has 1 aromatic heterocycles. The molecule has 180 valence electrons. The zero-order chi connectivity index (χ0) is 25.0. The summed E-state index contributed by atoms with van der Waals surface area (Å²) in [5, 5.41) is 7.50. The van der Waals surface area contributed by atoms with Crippen LogP contribution in [0.25, 0.3) is 10.8 Å². The van der Waals surface area contributed by atoms with E-state index in [1.54, 1.807) is 24.3 Å². The quantitative estimate of drug-likeness (QED) is 0.562. The van der Waals surface area contributed by atoms with E-state index < -0.39 is 23.9 Å². The third-order valence-corrected chi connectivity index (χ3v) is 4.71. The highest BCUT2D eigenvalue weighted by molar-refractivity contribution is 6.06. The highest BCUT2D eigenvalue weighted by Crippen LogP contribution is 2.24. The van der Waals surface area contributed by atoms with Crippen LogP contribution in [0.4, 0.5) is 18.9 Å². The summed E-state index contributed by atoms with van der Waals surface area (Å²) < 4.78 is 41.8. The molecule has 0 atom stereocenters. The van der Waals surface area contributed by atoms with Crippen LogP contribution in [-0.2, 0) is 11.3 Å². The van der Waals surface area contributed by atoms with Gasteiger partial charge in [-0.2, -0.15) is 5.10 Å². The Morgan fingerprint density at radius 1 is 1.09 bits per heavy atom. The van der Waals surface area contributed by atoms with E-state index in [9.17, 15) is 27.6 Å². The molecule has 0 fully saturated rings. The summed E-state index contributed by atoms with van der Waals surface area (Å²) in [5.74, 6) is -1.43. The summed E-state index contributed by atoms with van der Waals surface area (Å²) in [7, 11) is 1.41. The van der Waals surface area contributed by atoms with E-state index in [1.807, 2.05) is 13.8 Å². The minimum Gasteiger partial charge on any atom is -0.406 e. The predicted molar refractivity (Wildman–Crippen MR) is 120 cm³/mol. The Bertz CT molecular complexity index is 1250. The Hall–Kier alpha value is -3.89. The first-order chi connectivity index (χ1) is 15.9. The molecule has 8 nitrogen and oxygen atoms in total. The van der Waals surface area contributed by atoms with E-state index >= 15 is 0 Å². The number of ether oxygens (including phenoxy) is 1. The molecule has 0 spiro atoms. The summed E-state index contributed by atoms with van der Waals surface area (Å²) in [6, 6.07) is 11.2. The van der Waals surface area contributed by atoms with Crippen molar-refractivity contribution in [1.29, 1.82) is 0 Å². The van der Waals surface area contributed by atoms with Crippen LogP contribution in [0.3, 0.4) is 0 Å². The van der Waals surface area contributed by atoms with Crippen molar-refractivity contribution in [2.75, 3.05) is 18.9 Å². The standard InChI is InChI=1S/C23H23F3N4O4/c1-14(2)12-30-21(32)18-7-5-4-6-17(18)20(28-30)22(33)29(3)13-19(31)27-15-8-10-16(11-9-15)34-23(24,25)26/h4-11,14H,12-13H2,1-3H3,(H,27,31). The Balaban J connectivity index is 1.76. The maximum absolute atomic E-state index is 13.1. The molecule has 0 bridgehead atoms. The van der Waals surface area contributed by atoms with Crippen LogP contribution in [-0.4, -0.2) is 46.4 Å². The molecule has 2 aromatic carbocycles. The second kappa shape index (κ2) is 9.94. The van der Waals surface area contributed by atoms with Crippen molar-refractivity contribution in [2.24, 2.45) is 5.92 Å². The lowest BCUT2D eigenvalue weighted by Crippen LogP contribution is -2.37. The van der Waals surface area contributed by atoms with E-state index in [0.29, 0.717) is 17.3 Å². The van der Waals surface area contributed by atoms with Crippen LogP contribution in [0, 0.1) is 5.92 Å². The predicted octanol–water partition coefficient (Wildman–Crippen LogP) is 3.66. The van der Waals surface area contributed by atoms with Crippen molar-refractivity contribution in [2.45, 2.75) is 26.8 Å². The van der Waals surface area contributed by atoms with Crippen LogP contribution in [0.1, 0.15) is 24.3 Å². The first kappa shape index (κ1) is 24.7. The average Bonchev–Trinajstić information content (AvgIpc) is 2.75. The van der Waals surface area contributed by atoms with Crippen LogP contribution >= 0.6 is 0 Å². The Labute approximate surface area is 192 Å². The molecule has 0 radical (unpaired) electrons. The maximum Gasteiger partial charge on any atom is 0.573 e. The number of hydrogen-bond donors (Lipinski definition) is 1. The summed E-state index contributed by atoms with van der Waals surface area (Å²) in [4.78, 5) is 39.4. The van der Waals surface area contributed by atoms with Crippen molar-refractivity contribution in [3.05, 3.63) is 64.6 Å². The highest BCUT2D eigenvalue weighted by Gasteiger charge is 2.31. The second-order valence-electron chi connectivity index (χ2n) is 8.06. The minimum atomic E-state index is -4.82. The number of alkyl halides is 3. The number of fused-ring (bicyclic) bond motifs is 1. The minimum absolute atomic E-state index is 0.0415. The van der Waals surface area contributed by atoms with Crippen molar-refractivity contribution in [3.63, 3.8) is 0 Å². The van der Waals surface area contributed by atoms with Gasteiger partial charge < -0.3 is 15.0 Å². The first-order valence-electron chi connectivity index (χ1n) is 10.4. The van der Waals surface area contributed by atoms with Gasteiger partial charge in [-0.25, -0.2) is 4.68 Å². The van der Waals surface area contributed by atoms with Gasteiger partial charge in [-0.1, -0.05) is 32.0 Å². The van der Waals surface area contributed by atoms with Crippen LogP contribution < -0.4 is 15.6 Å². The lowest BCUT2D eigenvalue weighted by molar-refractivity contribution is -0.274. The molecule has 3 rings (SSSR count). The number of hydrogen-bond acceptors (Lipinski definition) is 5. The zero-order valence-corrected chi connectivity index (χ0v) is 18.7. The van der Waals surface area contributed by atoms with E-state index in [1.165, 1.54) is 23.9 Å². The van der Waals surface area contributed by atoms with Crippen LogP contribution in [0.5, 0.6) is 5.75 Å². The molecule has 11 heteroatoms. The molecule has 0 saturated carbocycles. The Morgan fingerprint density at radius 2 is 1.71 bits per heavy atom. The molecule has 2 amide bonds. The zero-order valence-electron chi connectivity index (χ0n) is 18.7. The van der Waals surface area contributed by atoms with Crippen LogP contribution in [0.15, 0.2) is 53.3 Å². The number of amides is 2. The monoisotopic (exact) mass is 476 g/mol. The third kappa shape index (κ3) is 6.12. The third-order valence-electron chi connectivity index (χ3n) is 4.71. The molecule has 0 aliphatic rings. The molecule has 3 aromatic rings. The van der Waals surface area contributed by atoms with Crippen molar-refractivity contribution in [1.82, 2.24) is 14.7 Å². The summed E-state index contributed by atoms with van der Waals surface area (Å²) in [6.07, 6.45) is -4.82. The smallest absolute Gasteiger partial charge is 0.406 e. The van der Waals surface area contributed by atoms with Crippen molar-refractivity contribution < 1.29 is 27.5 Å². The number of halogens is 3. The topological polar surface area (TPSA) is 93.5 Å². The molecule has 0 aliphatic heterocycles. The number of aromatic nitrogens is 2. The van der Waals surface area contributed by atoms with Gasteiger partial charge in [0.1, 0.15) is 5.75 Å². The molecule has 1 N–H and O–H groups in total. The first-order valence-corrected chi connectivity index (χ1v) is 10.4. The highest BCUT2D eigenvalue weighted by atomic mass is 19.4. The van der Waals surface area contributed by atoms with Gasteiger partial charge in [0.2, 0.25) is 5.91 Å². The van der Waals surface area contributed by atoms with E-state index in [2.05, 4.69) is 15.2 Å². The van der Waals surface area contributed by atoms with Gasteiger partial charge in [-0.05, 0) is 36.2 Å². The van der Waals surface area contributed by atoms with E-state index in [4.69, 9.17) is 0 Å².